The van der Waals surface area contributed by atoms with Crippen LogP contribution in [-0.4, -0.2) is 37.2 Å². The quantitative estimate of drug-likeness (QED) is 0.0261. The van der Waals surface area contributed by atoms with Crippen molar-refractivity contribution in [2.24, 2.45) is 0 Å². The van der Waals surface area contributed by atoms with Crippen molar-refractivity contribution in [1.29, 1.82) is 0 Å². The number of carbonyl (C=O) groups is 3. The van der Waals surface area contributed by atoms with E-state index in [9.17, 15) is 14.4 Å². The Balaban J connectivity index is 4.46. The van der Waals surface area contributed by atoms with Crippen molar-refractivity contribution in [1.82, 2.24) is 0 Å². The SMILES string of the molecule is CC/C=C\C/C=C\C/C=C\C/C=C\CCCCCCCCC(=O)OC(COC(=O)CC/C=C\C/C=C\C/C=C\C/C=C\CC)COC(=O)CCCCCCCCCC/C=C\C/C=C\C/C=C\CCCCCCC. The Morgan fingerprint density at radius 2 is 0.562 bits per heavy atom. The number of hydrogen-bond acceptors (Lipinski definition) is 6. The van der Waals surface area contributed by atoms with Crippen LogP contribution in [0.4, 0.5) is 0 Å². The van der Waals surface area contributed by atoms with Crippen LogP contribution in [0.25, 0.3) is 0 Å². The Morgan fingerprint density at radius 1 is 0.288 bits per heavy atom. The van der Waals surface area contributed by atoms with Crippen LogP contribution in [0.15, 0.2) is 134 Å². The van der Waals surface area contributed by atoms with Gasteiger partial charge in [-0.2, -0.15) is 0 Å². The summed E-state index contributed by atoms with van der Waals surface area (Å²) >= 11 is 0. The van der Waals surface area contributed by atoms with E-state index in [0.717, 1.165) is 122 Å². The van der Waals surface area contributed by atoms with E-state index in [4.69, 9.17) is 14.2 Å². The maximum Gasteiger partial charge on any atom is 0.306 e. The van der Waals surface area contributed by atoms with Gasteiger partial charge in [0.1, 0.15) is 13.2 Å². The fourth-order valence-corrected chi connectivity index (χ4v) is 7.75. The van der Waals surface area contributed by atoms with Gasteiger partial charge in [0.05, 0.1) is 0 Å². The van der Waals surface area contributed by atoms with Crippen molar-refractivity contribution in [3.05, 3.63) is 134 Å². The van der Waals surface area contributed by atoms with E-state index in [1.807, 2.05) is 12.2 Å². The lowest BCUT2D eigenvalue weighted by Crippen LogP contribution is -2.30. The zero-order valence-electron chi connectivity index (χ0n) is 47.1. The predicted molar refractivity (Wildman–Crippen MR) is 316 cm³/mol. The summed E-state index contributed by atoms with van der Waals surface area (Å²) < 4.78 is 16.8. The van der Waals surface area contributed by atoms with Crippen LogP contribution in [0, 0.1) is 0 Å². The second-order valence-corrected chi connectivity index (χ2v) is 19.1. The molecule has 0 radical (unpaired) electrons. The number of ether oxygens (including phenoxy) is 3. The lowest BCUT2D eigenvalue weighted by atomic mass is 10.1. The van der Waals surface area contributed by atoms with Gasteiger partial charge in [0, 0.05) is 19.3 Å². The number of hydrogen-bond donors (Lipinski definition) is 0. The number of unbranched alkanes of at least 4 members (excludes halogenated alkanes) is 19. The van der Waals surface area contributed by atoms with E-state index in [2.05, 4.69) is 142 Å². The van der Waals surface area contributed by atoms with Crippen LogP contribution >= 0.6 is 0 Å². The van der Waals surface area contributed by atoms with Gasteiger partial charge in [0.25, 0.3) is 0 Å². The molecule has 0 fully saturated rings. The summed E-state index contributed by atoms with van der Waals surface area (Å²) in [6.07, 6.45) is 84.6. The van der Waals surface area contributed by atoms with E-state index in [0.29, 0.717) is 19.3 Å². The zero-order valence-corrected chi connectivity index (χ0v) is 47.1. The summed E-state index contributed by atoms with van der Waals surface area (Å²) in [6, 6.07) is 0. The van der Waals surface area contributed by atoms with E-state index in [1.54, 1.807) is 0 Å². The molecule has 0 spiro atoms. The van der Waals surface area contributed by atoms with E-state index >= 15 is 0 Å². The highest BCUT2D eigenvalue weighted by Gasteiger charge is 2.19. The molecular weight excluding hydrogens is 901 g/mol. The van der Waals surface area contributed by atoms with Crippen molar-refractivity contribution in [3.8, 4) is 0 Å². The second kappa shape index (κ2) is 60.1. The molecule has 0 aliphatic rings. The van der Waals surface area contributed by atoms with Crippen LogP contribution in [-0.2, 0) is 28.6 Å². The lowest BCUT2D eigenvalue weighted by Gasteiger charge is -2.18. The average Bonchev–Trinajstić information content (AvgIpc) is 3.39. The highest BCUT2D eigenvalue weighted by Crippen LogP contribution is 2.14. The van der Waals surface area contributed by atoms with Gasteiger partial charge in [0.2, 0.25) is 0 Å². The first-order valence-corrected chi connectivity index (χ1v) is 29.7. The van der Waals surface area contributed by atoms with Crippen LogP contribution in [0.3, 0.4) is 0 Å². The Bertz CT molecular complexity index is 1580. The molecule has 0 aromatic rings. The lowest BCUT2D eigenvalue weighted by molar-refractivity contribution is -0.166. The van der Waals surface area contributed by atoms with Crippen molar-refractivity contribution >= 4 is 17.9 Å². The minimum atomic E-state index is -0.824. The normalized spacial score (nSPS) is 13.1. The minimum Gasteiger partial charge on any atom is -0.462 e. The summed E-state index contributed by atoms with van der Waals surface area (Å²) in [4.78, 5) is 38.2. The molecule has 73 heavy (non-hydrogen) atoms. The van der Waals surface area contributed by atoms with Gasteiger partial charge in [-0.15, -0.1) is 0 Å². The fourth-order valence-electron chi connectivity index (χ4n) is 7.75. The largest absolute Gasteiger partial charge is 0.462 e. The third-order valence-corrected chi connectivity index (χ3v) is 12.1. The molecule has 0 rings (SSSR count). The molecule has 0 aliphatic heterocycles. The Labute approximate surface area is 449 Å². The van der Waals surface area contributed by atoms with Gasteiger partial charge in [-0.1, -0.05) is 244 Å². The topological polar surface area (TPSA) is 78.9 Å². The maximum absolute atomic E-state index is 12.9. The first-order valence-electron chi connectivity index (χ1n) is 29.7. The molecule has 0 saturated heterocycles. The second-order valence-electron chi connectivity index (χ2n) is 19.1. The number of rotatable bonds is 52. The van der Waals surface area contributed by atoms with Gasteiger partial charge in [-0.25, -0.2) is 0 Å². The van der Waals surface area contributed by atoms with Gasteiger partial charge in [-0.05, 0) is 122 Å². The Kier molecular flexibility index (Phi) is 56.4. The number of carbonyl (C=O) groups excluding carboxylic acids is 3. The first kappa shape index (κ1) is 68.6. The highest BCUT2D eigenvalue weighted by molar-refractivity contribution is 5.71. The fraction of sp³-hybridized carbons (Fsp3) is 0.627. The number of allylic oxidation sites excluding steroid dienone is 22. The molecule has 0 N–H and O–H groups in total. The predicted octanol–water partition coefficient (Wildman–Crippen LogP) is 20.2. The zero-order chi connectivity index (χ0) is 52.9. The van der Waals surface area contributed by atoms with E-state index in [1.165, 1.54) is 83.5 Å². The van der Waals surface area contributed by atoms with Crippen molar-refractivity contribution in [2.75, 3.05) is 13.2 Å². The standard InChI is InChI=1S/C67H108O6/c1-4-7-10-13-16-19-22-25-27-29-31-32-33-34-36-37-39-42-45-48-51-54-57-60-66(69)72-63-64(62-71-65(68)59-56-53-50-47-44-41-24-21-18-15-12-9-6-3)73-67(70)61-58-55-52-49-46-43-40-38-35-30-28-26-23-20-17-14-11-8-5-2/h8-9,11-12,17-18,20-22,25-26,28-29,31,33-35,38,41,44,50,53,64H,4-7,10,13-16,19,23-24,27,30,32,36-37,39-40,42-43,45-49,51-52,54-63H2,1-3H3/b11-8-,12-9-,20-17-,21-18-,25-22-,28-26-,31-29-,34-33-,38-35-,44-41-,53-50-. The maximum atomic E-state index is 12.9. The average molecular weight is 1010 g/mol. The molecule has 0 saturated carbocycles. The molecule has 1 unspecified atom stereocenters. The van der Waals surface area contributed by atoms with Gasteiger partial charge >= 0.3 is 17.9 Å². The monoisotopic (exact) mass is 1010 g/mol. The van der Waals surface area contributed by atoms with E-state index in [-0.39, 0.29) is 37.5 Å². The summed E-state index contributed by atoms with van der Waals surface area (Å²) in [5.41, 5.74) is 0. The van der Waals surface area contributed by atoms with E-state index < -0.39 is 6.10 Å². The molecule has 1 atom stereocenters. The Hall–Kier alpha value is -4.45. The van der Waals surface area contributed by atoms with Crippen molar-refractivity contribution in [2.45, 2.75) is 258 Å². The third-order valence-electron chi connectivity index (χ3n) is 12.1. The molecule has 6 nitrogen and oxygen atoms in total. The molecule has 0 amide bonds. The molecule has 6 heteroatoms. The first-order chi connectivity index (χ1) is 36.0. The molecule has 0 aliphatic carbocycles. The van der Waals surface area contributed by atoms with Gasteiger partial charge in [-0.3, -0.25) is 14.4 Å². The van der Waals surface area contributed by atoms with Gasteiger partial charge in [0.15, 0.2) is 6.10 Å². The van der Waals surface area contributed by atoms with Crippen LogP contribution in [0.5, 0.6) is 0 Å². The summed E-state index contributed by atoms with van der Waals surface area (Å²) in [7, 11) is 0. The molecule has 0 bridgehead atoms. The van der Waals surface area contributed by atoms with Crippen molar-refractivity contribution < 1.29 is 28.6 Å². The van der Waals surface area contributed by atoms with Crippen LogP contribution < -0.4 is 0 Å². The molecule has 412 valence electrons. The minimum absolute atomic E-state index is 0.114. The van der Waals surface area contributed by atoms with Gasteiger partial charge < -0.3 is 14.2 Å². The van der Waals surface area contributed by atoms with Crippen LogP contribution in [0.2, 0.25) is 0 Å². The molecule has 0 aromatic heterocycles. The number of esters is 3. The highest BCUT2D eigenvalue weighted by atomic mass is 16.6. The Morgan fingerprint density at radius 3 is 0.918 bits per heavy atom. The summed E-state index contributed by atoms with van der Waals surface area (Å²) in [5, 5.41) is 0. The van der Waals surface area contributed by atoms with Crippen molar-refractivity contribution in [3.63, 3.8) is 0 Å². The molecular formula is C67H108O6. The molecule has 0 aromatic carbocycles. The smallest absolute Gasteiger partial charge is 0.306 e. The van der Waals surface area contributed by atoms with Crippen LogP contribution in [0.1, 0.15) is 252 Å². The summed E-state index contributed by atoms with van der Waals surface area (Å²) in [6.45, 7) is 6.31. The summed E-state index contributed by atoms with van der Waals surface area (Å²) in [5.74, 6) is -1.02. The molecule has 0 heterocycles. The third kappa shape index (κ3) is 58.3.